The number of benzene rings is 1. The Labute approximate surface area is 122 Å². The van der Waals surface area contributed by atoms with E-state index in [0.717, 1.165) is 31.6 Å². The molecule has 3 rings (SSSR count). The number of rotatable bonds is 3. The Balaban J connectivity index is 2.00. The lowest BCUT2D eigenvalue weighted by Gasteiger charge is -2.33. The number of hydrogen-bond donors (Lipinski definition) is 1. The molecule has 1 aliphatic heterocycles. The van der Waals surface area contributed by atoms with Gasteiger partial charge in [-0.05, 0) is 37.0 Å². The topological polar surface area (TPSA) is 79.5 Å². The predicted molar refractivity (Wildman–Crippen MR) is 80.4 cm³/mol. The molecule has 0 amide bonds. The molecule has 6 nitrogen and oxygen atoms in total. The molecule has 1 saturated heterocycles. The second-order valence-electron chi connectivity index (χ2n) is 5.37. The zero-order valence-corrected chi connectivity index (χ0v) is 11.6. The number of non-ortho nitro benzene ring substituents is 1. The van der Waals surface area contributed by atoms with Crippen molar-refractivity contribution in [1.82, 2.24) is 4.98 Å². The van der Waals surface area contributed by atoms with Gasteiger partial charge in [0.15, 0.2) is 0 Å². The van der Waals surface area contributed by atoms with Gasteiger partial charge >= 0.3 is 0 Å². The molecule has 0 spiro atoms. The monoisotopic (exact) mass is 287 g/mol. The van der Waals surface area contributed by atoms with Crippen LogP contribution in [0.4, 0.5) is 11.4 Å². The van der Waals surface area contributed by atoms with Crippen LogP contribution in [0, 0.1) is 16.0 Å². The van der Waals surface area contributed by atoms with Crippen molar-refractivity contribution in [3.63, 3.8) is 0 Å². The van der Waals surface area contributed by atoms with Gasteiger partial charge in [-0.25, -0.2) is 0 Å². The van der Waals surface area contributed by atoms with Gasteiger partial charge in [-0.3, -0.25) is 15.1 Å². The second kappa shape index (κ2) is 5.65. The van der Waals surface area contributed by atoms with Gasteiger partial charge < -0.3 is 10.0 Å². The van der Waals surface area contributed by atoms with Crippen LogP contribution in [0.25, 0.3) is 10.9 Å². The van der Waals surface area contributed by atoms with Crippen LogP contribution in [0.3, 0.4) is 0 Å². The lowest BCUT2D eigenvalue weighted by atomic mass is 9.97. The summed E-state index contributed by atoms with van der Waals surface area (Å²) in [6.07, 6.45) is 3.53. The molecular weight excluding hydrogens is 270 g/mol. The number of pyridine rings is 1. The third kappa shape index (κ3) is 2.54. The number of hydrogen-bond acceptors (Lipinski definition) is 5. The maximum atomic E-state index is 11.1. The van der Waals surface area contributed by atoms with Crippen molar-refractivity contribution in [3.05, 3.63) is 40.6 Å². The molecule has 6 heteroatoms. The first-order chi connectivity index (χ1) is 10.2. The molecule has 0 bridgehead atoms. The molecule has 0 saturated carbocycles. The predicted octanol–water partition coefficient (Wildman–Crippen LogP) is 2.35. The first-order valence-electron chi connectivity index (χ1n) is 7.08. The molecular formula is C15H17N3O3. The van der Waals surface area contributed by atoms with Gasteiger partial charge in [0.25, 0.3) is 5.69 Å². The molecule has 0 radical (unpaired) electrons. The highest BCUT2D eigenvalue weighted by Gasteiger charge is 2.22. The third-order valence-corrected chi connectivity index (χ3v) is 4.14. The van der Waals surface area contributed by atoms with E-state index >= 15 is 0 Å². The summed E-state index contributed by atoms with van der Waals surface area (Å²) < 4.78 is 0. The van der Waals surface area contributed by atoms with Crippen molar-refractivity contribution in [2.45, 2.75) is 12.8 Å². The fourth-order valence-corrected chi connectivity index (χ4v) is 2.91. The molecule has 1 N–H and O–H groups in total. The first kappa shape index (κ1) is 13.8. The summed E-state index contributed by atoms with van der Waals surface area (Å²) in [5, 5.41) is 20.9. The lowest BCUT2D eigenvalue weighted by Crippen LogP contribution is -2.34. The number of nitro groups is 1. The van der Waals surface area contributed by atoms with Crippen LogP contribution in [0.5, 0.6) is 0 Å². The maximum Gasteiger partial charge on any atom is 0.278 e. The number of nitro benzene ring substituents is 1. The number of anilines is 1. The third-order valence-electron chi connectivity index (χ3n) is 4.14. The fraction of sp³-hybridized carbons (Fsp3) is 0.400. The lowest BCUT2D eigenvalue weighted by molar-refractivity contribution is -0.383. The van der Waals surface area contributed by atoms with Crippen LogP contribution in [0.1, 0.15) is 12.8 Å². The van der Waals surface area contributed by atoms with Crippen molar-refractivity contribution in [1.29, 1.82) is 0 Å². The highest BCUT2D eigenvalue weighted by atomic mass is 16.6. The molecule has 2 heterocycles. The van der Waals surface area contributed by atoms with Gasteiger partial charge in [0.05, 0.1) is 16.0 Å². The van der Waals surface area contributed by atoms with Crippen molar-refractivity contribution >= 4 is 22.3 Å². The largest absolute Gasteiger partial charge is 0.396 e. The Kier molecular flexibility index (Phi) is 3.70. The normalized spacial score (nSPS) is 16.3. The van der Waals surface area contributed by atoms with Crippen molar-refractivity contribution < 1.29 is 10.0 Å². The molecule has 0 atom stereocenters. The molecule has 1 fully saturated rings. The molecule has 2 aromatic rings. The van der Waals surface area contributed by atoms with Crippen molar-refractivity contribution in [2.24, 2.45) is 5.92 Å². The summed E-state index contributed by atoms with van der Waals surface area (Å²) in [7, 11) is 0. The minimum absolute atomic E-state index is 0.0899. The zero-order valence-electron chi connectivity index (χ0n) is 11.6. The van der Waals surface area contributed by atoms with Crippen LogP contribution < -0.4 is 4.90 Å². The van der Waals surface area contributed by atoms with Crippen LogP contribution in [0.15, 0.2) is 30.5 Å². The Morgan fingerprint density at radius 2 is 2.10 bits per heavy atom. The van der Waals surface area contributed by atoms with Gasteiger partial charge in [0, 0.05) is 32.0 Å². The van der Waals surface area contributed by atoms with Crippen LogP contribution in [0.2, 0.25) is 0 Å². The summed E-state index contributed by atoms with van der Waals surface area (Å²) >= 11 is 0. The van der Waals surface area contributed by atoms with Gasteiger partial charge in [0.2, 0.25) is 0 Å². The Morgan fingerprint density at radius 1 is 1.33 bits per heavy atom. The molecule has 0 aliphatic carbocycles. The Bertz CT molecular complexity index is 666. The van der Waals surface area contributed by atoms with Gasteiger partial charge in [-0.2, -0.15) is 0 Å². The molecule has 0 unspecified atom stereocenters. The number of aliphatic hydroxyl groups is 1. The smallest absolute Gasteiger partial charge is 0.278 e. The minimum atomic E-state index is -0.369. The first-order valence-corrected chi connectivity index (χ1v) is 7.08. The number of aliphatic hydroxyl groups excluding tert-OH is 1. The van der Waals surface area contributed by atoms with E-state index < -0.39 is 0 Å². The van der Waals surface area contributed by atoms with Gasteiger partial charge in [0.1, 0.15) is 5.52 Å². The minimum Gasteiger partial charge on any atom is -0.396 e. The van der Waals surface area contributed by atoms with E-state index in [0.29, 0.717) is 16.8 Å². The molecule has 1 aromatic heterocycles. The highest BCUT2D eigenvalue weighted by molar-refractivity contribution is 5.97. The zero-order chi connectivity index (χ0) is 14.8. The second-order valence-corrected chi connectivity index (χ2v) is 5.37. The summed E-state index contributed by atoms with van der Waals surface area (Å²) in [5.41, 5.74) is 1.70. The van der Waals surface area contributed by atoms with E-state index in [-0.39, 0.29) is 17.2 Å². The molecule has 1 aliphatic rings. The SMILES string of the molecule is O=[N+]([O-])c1ccc(N2CCC(CO)CC2)c2ncccc12. The summed E-state index contributed by atoms with van der Waals surface area (Å²) in [5.74, 6) is 0.360. The van der Waals surface area contributed by atoms with Gasteiger partial charge in [-0.15, -0.1) is 0 Å². The summed E-state index contributed by atoms with van der Waals surface area (Å²) in [6, 6.07) is 6.80. The number of piperidine rings is 1. The number of nitrogens with zero attached hydrogens (tertiary/aromatic N) is 3. The van der Waals surface area contributed by atoms with E-state index in [4.69, 9.17) is 0 Å². The van der Waals surface area contributed by atoms with Crippen molar-refractivity contribution in [2.75, 3.05) is 24.6 Å². The average Bonchev–Trinajstić information content (AvgIpc) is 2.54. The summed E-state index contributed by atoms with van der Waals surface area (Å²) in [4.78, 5) is 17.3. The maximum absolute atomic E-state index is 11.1. The fourth-order valence-electron chi connectivity index (χ4n) is 2.91. The Hall–Kier alpha value is -2.21. The standard InChI is InChI=1S/C15H17N3O3/c19-10-11-5-8-17(9-6-11)14-4-3-13(18(20)21)12-2-1-7-16-15(12)14/h1-4,7,11,19H,5-6,8-10H2. The van der Waals surface area contributed by atoms with Crippen LogP contribution >= 0.6 is 0 Å². The number of fused-ring (bicyclic) bond motifs is 1. The molecule has 1 aromatic carbocycles. The molecule has 110 valence electrons. The van der Waals surface area contributed by atoms with E-state index in [2.05, 4.69) is 9.88 Å². The number of aromatic nitrogens is 1. The van der Waals surface area contributed by atoms with E-state index in [1.165, 1.54) is 0 Å². The van der Waals surface area contributed by atoms with Crippen molar-refractivity contribution in [3.8, 4) is 0 Å². The van der Waals surface area contributed by atoms with E-state index in [9.17, 15) is 15.2 Å². The van der Waals surface area contributed by atoms with Crippen LogP contribution in [-0.4, -0.2) is 34.7 Å². The van der Waals surface area contributed by atoms with Gasteiger partial charge in [-0.1, -0.05) is 0 Å². The van der Waals surface area contributed by atoms with E-state index in [1.54, 1.807) is 30.5 Å². The molecule has 21 heavy (non-hydrogen) atoms. The Morgan fingerprint density at radius 3 is 2.76 bits per heavy atom. The van der Waals surface area contributed by atoms with Crippen LogP contribution in [-0.2, 0) is 0 Å². The van der Waals surface area contributed by atoms with E-state index in [1.807, 2.05) is 0 Å². The highest BCUT2D eigenvalue weighted by Crippen LogP contribution is 2.33. The summed E-state index contributed by atoms with van der Waals surface area (Å²) in [6.45, 7) is 1.91. The quantitative estimate of drug-likeness (QED) is 0.692. The average molecular weight is 287 g/mol.